The Morgan fingerprint density at radius 2 is 1.62 bits per heavy atom. The van der Waals surface area contributed by atoms with Crippen molar-refractivity contribution in [3.63, 3.8) is 0 Å². The van der Waals surface area contributed by atoms with Crippen LogP contribution in [0.2, 0.25) is 0 Å². The topological polar surface area (TPSA) is 62.6 Å². The maximum atomic E-state index is 12.6. The van der Waals surface area contributed by atoms with Crippen LogP contribution >= 0.6 is 0 Å². The molecule has 40 heavy (non-hydrogen) atoms. The van der Waals surface area contributed by atoms with Gasteiger partial charge in [-0.25, -0.2) is 4.98 Å². The Balaban J connectivity index is 1.53. The zero-order valence-electron chi connectivity index (χ0n) is 22.8. The molecule has 4 rings (SSSR count). The molecule has 0 bridgehead atoms. The molecule has 0 aliphatic rings. The Labute approximate surface area is 231 Å². The number of carbonyl (C=O) groups excluding carboxylic acids is 1. The van der Waals surface area contributed by atoms with Gasteiger partial charge in [-0.3, -0.25) is 4.79 Å². The number of carbonyl (C=O) groups is 1. The second-order valence-electron chi connectivity index (χ2n) is 10.3. The molecule has 0 unspecified atom stereocenters. The monoisotopic (exact) mass is 554 g/mol. The molecule has 0 N–H and O–H groups in total. The SMILES string of the molecule is CCOC(=O)CCC(C)(C)CCOc1ccccc1Cn1c(-c2ccc(OC(F)(F)F)cc2)nc2ccccc21. The number of ether oxygens (including phenoxy) is 3. The van der Waals surface area contributed by atoms with E-state index in [0.29, 0.717) is 44.0 Å². The zero-order chi connectivity index (χ0) is 28.8. The Bertz CT molecular complexity index is 1430. The highest BCUT2D eigenvalue weighted by Gasteiger charge is 2.31. The normalized spacial score (nSPS) is 11.9. The van der Waals surface area contributed by atoms with E-state index in [2.05, 4.69) is 18.6 Å². The van der Waals surface area contributed by atoms with Crippen molar-refractivity contribution < 1.29 is 32.2 Å². The lowest BCUT2D eigenvalue weighted by Gasteiger charge is -2.24. The van der Waals surface area contributed by atoms with Crippen LogP contribution in [0.5, 0.6) is 11.5 Å². The van der Waals surface area contributed by atoms with Gasteiger partial charge in [-0.1, -0.05) is 44.2 Å². The predicted octanol–water partition coefficient (Wildman–Crippen LogP) is 7.79. The first-order valence-corrected chi connectivity index (χ1v) is 13.2. The van der Waals surface area contributed by atoms with Gasteiger partial charge in [0.25, 0.3) is 0 Å². The lowest BCUT2D eigenvalue weighted by atomic mass is 9.85. The Hall–Kier alpha value is -4.01. The first-order chi connectivity index (χ1) is 19.0. The van der Waals surface area contributed by atoms with Crippen molar-refractivity contribution in [1.82, 2.24) is 9.55 Å². The van der Waals surface area contributed by atoms with Crippen LogP contribution in [0.25, 0.3) is 22.4 Å². The minimum atomic E-state index is -4.76. The van der Waals surface area contributed by atoms with Gasteiger partial charge in [0.1, 0.15) is 17.3 Å². The molecule has 6 nitrogen and oxygen atoms in total. The van der Waals surface area contributed by atoms with Gasteiger partial charge in [0.15, 0.2) is 0 Å². The van der Waals surface area contributed by atoms with E-state index in [1.165, 1.54) is 12.1 Å². The summed E-state index contributed by atoms with van der Waals surface area (Å²) in [6.07, 6.45) is -2.92. The van der Waals surface area contributed by atoms with E-state index in [4.69, 9.17) is 14.5 Å². The van der Waals surface area contributed by atoms with E-state index in [1.54, 1.807) is 19.1 Å². The van der Waals surface area contributed by atoms with Gasteiger partial charge >= 0.3 is 12.3 Å². The fraction of sp³-hybridized carbons (Fsp3) is 0.355. The maximum absolute atomic E-state index is 12.6. The molecule has 212 valence electrons. The molecule has 0 atom stereocenters. The van der Waals surface area contributed by atoms with Gasteiger partial charge in [0.05, 0.1) is 30.8 Å². The molecule has 0 spiro atoms. The van der Waals surface area contributed by atoms with Crippen LogP contribution in [0.1, 0.15) is 45.6 Å². The van der Waals surface area contributed by atoms with Crippen molar-refractivity contribution in [3.05, 3.63) is 78.4 Å². The molecule has 3 aromatic carbocycles. The van der Waals surface area contributed by atoms with Crippen molar-refractivity contribution in [2.24, 2.45) is 5.41 Å². The number of alkyl halides is 3. The number of aromatic nitrogens is 2. The minimum absolute atomic E-state index is 0.0998. The number of fused-ring (bicyclic) bond motifs is 1. The standard InChI is InChI=1S/C31H33F3N2O4/c1-4-38-28(37)17-18-30(2,3)19-20-39-27-12-8-5-9-23(27)21-36-26-11-7-6-10-25(26)35-29(36)22-13-15-24(16-14-22)40-31(32,33)34/h5-16H,4,17-21H2,1-3H3. The smallest absolute Gasteiger partial charge is 0.493 e. The van der Waals surface area contributed by atoms with Gasteiger partial charge < -0.3 is 18.8 Å². The van der Waals surface area contributed by atoms with E-state index in [0.717, 1.165) is 28.8 Å². The fourth-order valence-corrected chi connectivity index (χ4v) is 4.44. The highest BCUT2D eigenvalue weighted by atomic mass is 19.4. The average molecular weight is 555 g/mol. The van der Waals surface area contributed by atoms with Crippen LogP contribution in [0, 0.1) is 5.41 Å². The third-order valence-electron chi connectivity index (χ3n) is 6.65. The zero-order valence-corrected chi connectivity index (χ0v) is 22.8. The molecule has 0 amide bonds. The Morgan fingerprint density at radius 1 is 0.925 bits per heavy atom. The van der Waals surface area contributed by atoms with Crippen LogP contribution in [-0.4, -0.2) is 35.1 Å². The molecule has 1 aromatic heterocycles. The number of para-hydroxylation sites is 3. The van der Waals surface area contributed by atoms with E-state index in [9.17, 15) is 18.0 Å². The van der Waals surface area contributed by atoms with E-state index < -0.39 is 6.36 Å². The summed E-state index contributed by atoms with van der Waals surface area (Å²) in [6, 6.07) is 21.1. The Kier molecular flexibility index (Phi) is 9.02. The second-order valence-corrected chi connectivity index (χ2v) is 10.3. The number of rotatable bonds is 12. The quantitative estimate of drug-likeness (QED) is 0.167. The van der Waals surface area contributed by atoms with Crippen LogP contribution in [0.4, 0.5) is 13.2 Å². The molecule has 9 heteroatoms. The number of imidazole rings is 1. The van der Waals surface area contributed by atoms with Crippen LogP contribution in [0.3, 0.4) is 0 Å². The summed E-state index contributed by atoms with van der Waals surface area (Å²) in [5, 5.41) is 0. The number of halogens is 3. The van der Waals surface area contributed by atoms with E-state index in [-0.39, 0.29) is 17.1 Å². The lowest BCUT2D eigenvalue weighted by molar-refractivity contribution is -0.274. The predicted molar refractivity (Wildman–Crippen MR) is 147 cm³/mol. The molecular weight excluding hydrogens is 521 g/mol. The van der Waals surface area contributed by atoms with Gasteiger partial charge in [0.2, 0.25) is 0 Å². The maximum Gasteiger partial charge on any atom is 0.573 e. The van der Waals surface area contributed by atoms with Crippen molar-refractivity contribution in [2.75, 3.05) is 13.2 Å². The van der Waals surface area contributed by atoms with Gasteiger partial charge in [-0.05, 0) is 67.6 Å². The third kappa shape index (κ3) is 7.77. The number of hydrogen-bond donors (Lipinski definition) is 0. The number of hydrogen-bond acceptors (Lipinski definition) is 5. The van der Waals surface area contributed by atoms with E-state index >= 15 is 0 Å². The first-order valence-electron chi connectivity index (χ1n) is 13.2. The molecule has 1 heterocycles. The summed E-state index contributed by atoms with van der Waals surface area (Å²) in [5.41, 5.74) is 3.16. The summed E-state index contributed by atoms with van der Waals surface area (Å²) >= 11 is 0. The van der Waals surface area contributed by atoms with Gasteiger partial charge in [-0.15, -0.1) is 13.2 Å². The molecule has 4 aromatic rings. The van der Waals surface area contributed by atoms with Gasteiger partial charge in [0, 0.05) is 17.5 Å². The number of nitrogens with zero attached hydrogens (tertiary/aromatic N) is 2. The summed E-state index contributed by atoms with van der Waals surface area (Å²) in [5.74, 6) is 0.881. The van der Waals surface area contributed by atoms with Crippen LogP contribution < -0.4 is 9.47 Å². The highest BCUT2D eigenvalue weighted by Crippen LogP contribution is 2.32. The summed E-state index contributed by atoms with van der Waals surface area (Å²) < 4.78 is 55.2. The average Bonchev–Trinajstić information content (AvgIpc) is 3.26. The molecule has 0 saturated heterocycles. The summed E-state index contributed by atoms with van der Waals surface area (Å²) in [6.45, 7) is 7.31. The molecular formula is C31H33F3N2O4. The van der Waals surface area contributed by atoms with Crippen LogP contribution in [0.15, 0.2) is 72.8 Å². The van der Waals surface area contributed by atoms with Crippen molar-refractivity contribution in [3.8, 4) is 22.9 Å². The minimum Gasteiger partial charge on any atom is -0.493 e. The molecule has 0 aliphatic heterocycles. The van der Waals surface area contributed by atoms with Crippen molar-refractivity contribution in [2.45, 2.75) is 52.9 Å². The number of esters is 1. The van der Waals surface area contributed by atoms with Crippen molar-refractivity contribution in [1.29, 1.82) is 0 Å². The molecule has 0 radical (unpaired) electrons. The lowest BCUT2D eigenvalue weighted by Crippen LogP contribution is -2.18. The highest BCUT2D eigenvalue weighted by molar-refractivity contribution is 5.81. The van der Waals surface area contributed by atoms with Gasteiger partial charge in [-0.2, -0.15) is 0 Å². The number of benzene rings is 3. The summed E-state index contributed by atoms with van der Waals surface area (Å²) in [4.78, 5) is 16.5. The second kappa shape index (κ2) is 12.4. The van der Waals surface area contributed by atoms with Crippen molar-refractivity contribution >= 4 is 17.0 Å². The Morgan fingerprint density at radius 3 is 2.35 bits per heavy atom. The summed E-state index contributed by atoms with van der Waals surface area (Å²) in [7, 11) is 0. The third-order valence-corrected chi connectivity index (χ3v) is 6.65. The molecule has 0 aliphatic carbocycles. The fourth-order valence-electron chi connectivity index (χ4n) is 4.44. The first kappa shape index (κ1) is 29.0. The molecule has 0 saturated carbocycles. The van der Waals surface area contributed by atoms with Crippen LogP contribution in [-0.2, 0) is 16.1 Å². The largest absolute Gasteiger partial charge is 0.573 e. The van der Waals surface area contributed by atoms with E-state index in [1.807, 2.05) is 53.1 Å². The molecule has 0 fully saturated rings.